The summed E-state index contributed by atoms with van der Waals surface area (Å²) in [6, 6.07) is 0. The van der Waals surface area contributed by atoms with Crippen LogP contribution in [0.15, 0.2) is 0 Å². The molecule has 1 saturated heterocycles. The first-order chi connectivity index (χ1) is 12.8. The Kier molecular flexibility index (Phi) is 8.75. The van der Waals surface area contributed by atoms with Crippen LogP contribution in [0.2, 0.25) is 0 Å². The number of hydrogen-bond donors (Lipinski definition) is 0. The zero-order chi connectivity index (χ0) is 21.6. The Morgan fingerprint density at radius 1 is 0.786 bits per heavy atom. The second-order valence-corrected chi connectivity index (χ2v) is 9.22. The molecule has 1 rings (SSSR count). The lowest BCUT2D eigenvalue weighted by Crippen LogP contribution is -2.62. The Morgan fingerprint density at radius 3 is 1.68 bits per heavy atom. The monoisotopic (exact) mass is 420 g/mol. The van der Waals surface area contributed by atoms with Gasteiger partial charge in [-0.2, -0.15) is 0 Å². The van der Waals surface area contributed by atoms with Crippen molar-refractivity contribution in [3.8, 4) is 0 Å². The average molecular weight is 420 g/mol. The van der Waals surface area contributed by atoms with Crippen LogP contribution in [0, 0.1) is 0 Å². The van der Waals surface area contributed by atoms with Crippen LogP contribution in [0.4, 0.5) is 0 Å². The minimum absolute atomic E-state index is 0.223. The molecule has 1 aliphatic heterocycles. The molecule has 9 nitrogen and oxygen atoms in total. The van der Waals surface area contributed by atoms with E-state index in [2.05, 4.69) is 0 Å². The van der Waals surface area contributed by atoms with E-state index in [1.165, 1.54) is 39.5 Å². The molecule has 160 valence electrons. The Bertz CT molecular complexity index is 598. The van der Waals surface area contributed by atoms with Crippen molar-refractivity contribution in [3.63, 3.8) is 0 Å². The summed E-state index contributed by atoms with van der Waals surface area (Å²) in [4.78, 5) is 46.3. The number of thioether (sulfide) groups is 1. The fraction of sp³-hybridized carbons (Fsp3) is 0.778. The number of hydrogen-bond acceptors (Lipinski definition) is 10. The van der Waals surface area contributed by atoms with Crippen LogP contribution in [0.5, 0.6) is 0 Å². The minimum atomic E-state index is -1.13. The quantitative estimate of drug-likeness (QED) is 0.463. The molecule has 1 fully saturated rings. The zero-order valence-corrected chi connectivity index (χ0v) is 18.0. The molecule has 0 aromatic rings. The second kappa shape index (κ2) is 10.1. The van der Waals surface area contributed by atoms with Gasteiger partial charge >= 0.3 is 23.9 Å². The summed E-state index contributed by atoms with van der Waals surface area (Å²) in [6.45, 7) is 10.4. The predicted molar refractivity (Wildman–Crippen MR) is 99.3 cm³/mol. The van der Waals surface area contributed by atoms with Gasteiger partial charge < -0.3 is 23.7 Å². The van der Waals surface area contributed by atoms with Crippen molar-refractivity contribution in [1.29, 1.82) is 0 Å². The fourth-order valence-corrected chi connectivity index (χ4v) is 3.87. The van der Waals surface area contributed by atoms with Gasteiger partial charge in [0.05, 0.1) is 0 Å². The summed E-state index contributed by atoms with van der Waals surface area (Å²) in [5, 5.41) is 0. The molecule has 0 N–H and O–H groups in total. The number of carbonyl (C=O) groups is 4. The molecule has 0 saturated carbocycles. The van der Waals surface area contributed by atoms with Gasteiger partial charge in [-0.15, -0.1) is 11.8 Å². The smallest absolute Gasteiger partial charge is 0.303 e. The number of esters is 4. The van der Waals surface area contributed by atoms with Gasteiger partial charge in [0, 0.05) is 32.4 Å². The number of ether oxygens (including phenoxy) is 5. The number of carbonyl (C=O) groups excluding carboxylic acids is 4. The van der Waals surface area contributed by atoms with E-state index in [1.54, 1.807) is 0 Å². The molecule has 0 spiro atoms. The maximum atomic E-state index is 11.7. The van der Waals surface area contributed by atoms with Crippen LogP contribution in [0.3, 0.4) is 0 Å². The van der Waals surface area contributed by atoms with Gasteiger partial charge in [-0.05, 0) is 0 Å². The van der Waals surface area contributed by atoms with Crippen LogP contribution >= 0.6 is 11.8 Å². The molecule has 0 amide bonds. The molecule has 5 unspecified atom stereocenters. The average Bonchev–Trinajstić information content (AvgIpc) is 2.48. The van der Waals surface area contributed by atoms with Gasteiger partial charge in [0.25, 0.3) is 0 Å². The van der Waals surface area contributed by atoms with E-state index in [0.29, 0.717) is 0 Å². The summed E-state index contributed by atoms with van der Waals surface area (Å²) < 4.78 is 26.8. The van der Waals surface area contributed by atoms with E-state index >= 15 is 0 Å². The first kappa shape index (κ1) is 24.2. The van der Waals surface area contributed by atoms with E-state index in [-0.39, 0.29) is 11.4 Å². The highest BCUT2D eigenvalue weighted by molar-refractivity contribution is 8.01. The highest BCUT2D eigenvalue weighted by atomic mass is 32.2. The largest absolute Gasteiger partial charge is 0.463 e. The maximum Gasteiger partial charge on any atom is 0.303 e. The molecule has 0 aromatic heterocycles. The molecular weight excluding hydrogens is 392 g/mol. The molecule has 1 heterocycles. The Labute approximate surface area is 168 Å². The Hall–Kier alpha value is -1.81. The minimum Gasteiger partial charge on any atom is -0.463 e. The van der Waals surface area contributed by atoms with Crippen molar-refractivity contribution < 1.29 is 42.9 Å². The highest BCUT2D eigenvalue weighted by Gasteiger charge is 2.53. The van der Waals surface area contributed by atoms with Crippen LogP contribution in [-0.2, 0) is 42.9 Å². The Balaban J connectivity index is 3.33. The summed E-state index contributed by atoms with van der Waals surface area (Å²) in [5.74, 6) is -2.45. The molecular formula is C18H28O9S. The molecule has 28 heavy (non-hydrogen) atoms. The third-order valence-electron chi connectivity index (χ3n) is 3.42. The lowest BCUT2D eigenvalue weighted by atomic mass is 9.99. The maximum absolute atomic E-state index is 11.7. The molecule has 1 aliphatic rings. The van der Waals surface area contributed by atoms with Gasteiger partial charge in [0.15, 0.2) is 18.3 Å². The van der Waals surface area contributed by atoms with Crippen molar-refractivity contribution in [3.05, 3.63) is 0 Å². The van der Waals surface area contributed by atoms with E-state index in [9.17, 15) is 19.2 Å². The van der Waals surface area contributed by atoms with Gasteiger partial charge in [0.1, 0.15) is 18.1 Å². The summed E-state index contributed by atoms with van der Waals surface area (Å²) in [7, 11) is 0. The van der Waals surface area contributed by atoms with E-state index in [0.717, 1.165) is 0 Å². The molecule has 0 radical (unpaired) electrons. The van der Waals surface area contributed by atoms with Gasteiger partial charge in [-0.3, -0.25) is 19.2 Å². The molecule has 0 bridgehead atoms. The molecule has 5 atom stereocenters. The van der Waals surface area contributed by atoms with Crippen molar-refractivity contribution >= 4 is 35.6 Å². The lowest BCUT2D eigenvalue weighted by molar-refractivity contribution is -0.237. The van der Waals surface area contributed by atoms with Crippen LogP contribution < -0.4 is 0 Å². The van der Waals surface area contributed by atoms with Crippen LogP contribution in [0.25, 0.3) is 0 Å². The van der Waals surface area contributed by atoms with E-state index in [4.69, 9.17) is 23.7 Å². The normalized spacial score (nSPS) is 27.5. The second-order valence-electron chi connectivity index (χ2n) is 7.30. The predicted octanol–water partition coefficient (Wildman–Crippen LogP) is 1.60. The van der Waals surface area contributed by atoms with Gasteiger partial charge in [0.2, 0.25) is 0 Å². The molecule has 0 aliphatic carbocycles. The Morgan fingerprint density at radius 2 is 1.25 bits per heavy atom. The lowest BCUT2D eigenvalue weighted by Gasteiger charge is -2.45. The van der Waals surface area contributed by atoms with E-state index < -0.39 is 53.7 Å². The van der Waals surface area contributed by atoms with Crippen molar-refractivity contribution in [1.82, 2.24) is 0 Å². The van der Waals surface area contributed by atoms with Gasteiger partial charge in [-0.1, -0.05) is 20.8 Å². The third kappa shape index (κ3) is 8.05. The molecule has 10 heteroatoms. The first-order valence-corrected chi connectivity index (χ1v) is 9.66. The van der Waals surface area contributed by atoms with E-state index in [1.807, 2.05) is 20.8 Å². The topological polar surface area (TPSA) is 114 Å². The highest BCUT2D eigenvalue weighted by Crippen LogP contribution is 2.39. The van der Waals surface area contributed by atoms with Crippen LogP contribution in [0.1, 0.15) is 48.5 Å². The standard InChI is InChI=1S/C18H28O9S/c1-9(19)23-8-13-14(24-10(2)20)15(25-11(3)21)16(26-12(4)22)17(27-13)28-18(5,6)7/h13-17H,8H2,1-7H3. The SMILES string of the molecule is CC(=O)OCC1OC(SC(C)(C)C)C(OC(C)=O)C(OC(C)=O)C1OC(C)=O. The fourth-order valence-electron chi connectivity index (χ4n) is 2.63. The third-order valence-corrected chi connectivity index (χ3v) is 4.74. The van der Waals surface area contributed by atoms with Crippen molar-refractivity contribution in [2.45, 2.75) is 83.1 Å². The summed E-state index contributed by atoms with van der Waals surface area (Å²) in [5.41, 5.74) is -0.749. The van der Waals surface area contributed by atoms with Crippen molar-refractivity contribution in [2.24, 2.45) is 0 Å². The van der Waals surface area contributed by atoms with Crippen molar-refractivity contribution in [2.75, 3.05) is 6.61 Å². The van der Waals surface area contributed by atoms with Gasteiger partial charge in [-0.25, -0.2) is 0 Å². The first-order valence-electron chi connectivity index (χ1n) is 8.78. The summed E-state index contributed by atoms with van der Waals surface area (Å²) >= 11 is 1.35. The zero-order valence-electron chi connectivity index (χ0n) is 17.2. The summed E-state index contributed by atoms with van der Waals surface area (Å²) in [6.07, 6.45) is -4.19. The number of rotatable bonds is 6. The van der Waals surface area contributed by atoms with Crippen LogP contribution in [-0.4, -0.2) is 65.1 Å². The molecule has 0 aromatic carbocycles.